The Morgan fingerprint density at radius 3 is 2.28 bits per heavy atom. The van der Waals surface area contributed by atoms with E-state index >= 15 is 0 Å². The van der Waals surface area contributed by atoms with Crippen LogP contribution in [0.4, 0.5) is 4.79 Å². The van der Waals surface area contributed by atoms with E-state index in [9.17, 15) is 14.4 Å². The van der Waals surface area contributed by atoms with Crippen molar-refractivity contribution in [3.8, 4) is 0 Å². The van der Waals surface area contributed by atoms with Crippen LogP contribution in [0.5, 0.6) is 0 Å². The molecule has 2 aliphatic rings. The van der Waals surface area contributed by atoms with Crippen molar-refractivity contribution in [3.63, 3.8) is 0 Å². The average molecular weight is 402 g/mol. The summed E-state index contributed by atoms with van der Waals surface area (Å²) in [7, 11) is 0. The first-order valence-electron chi connectivity index (χ1n) is 10.4. The Kier molecular flexibility index (Phi) is 7.60. The fraction of sp³-hybridized carbons (Fsp3) is 0.571. The van der Waals surface area contributed by atoms with Gasteiger partial charge in [-0.05, 0) is 25.3 Å². The quantitative estimate of drug-likeness (QED) is 0.731. The first kappa shape index (κ1) is 21.3. The monoisotopic (exact) mass is 401 g/mol. The van der Waals surface area contributed by atoms with Crippen LogP contribution in [-0.2, 0) is 16.1 Å². The molecule has 2 saturated heterocycles. The van der Waals surface area contributed by atoms with E-state index in [-0.39, 0.29) is 11.8 Å². The van der Waals surface area contributed by atoms with Crippen LogP contribution < -0.4 is 10.6 Å². The number of nitrogens with one attached hydrogen (secondary N) is 2. The van der Waals surface area contributed by atoms with E-state index < -0.39 is 12.1 Å². The molecule has 2 fully saturated rings. The van der Waals surface area contributed by atoms with Crippen molar-refractivity contribution in [1.82, 2.24) is 25.3 Å². The second-order valence-corrected chi connectivity index (χ2v) is 7.73. The fourth-order valence-electron chi connectivity index (χ4n) is 3.77. The van der Waals surface area contributed by atoms with E-state index in [4.69, 9.17) is 0 Å². The van der Waals surface area contributed by atoms with E-state index in [0.29, 0.717) is 26.2 Å². The first-order valence-corrected chi connectivity index (χ1v) is 10.4. The van der Waals surface area contributed by atoms with E-state index in [1.807, 2.05) is 42.2 Å². The molecule has 158 valence electrons. The van der Waals surface area contributed by atoms with Gasteiger partial charge in [-0.2, -0.15) is 0 Å². The summed E-state index contributed by atoms with van der Waals surface area (Å²) >= 11 is 0. The lowest BCUT2D eigenvalue weighted by Crippen LogP contribution is -2.56. The Morgan fingerprint density at radius 2 is 1.62 bits per heavy atom. The molecule has 1 unspecified atom stereocenters. The van der Waals surface area contributed by atoms with Crippen molar-refractivity contribution in [2.75, 3.05) is 45.8 Å². The second kappa shape index (κ2) is 10.4. The summed E-state index contributed by atoms with van der Waals surface area (Å²) < 4.78 is 0. The fourth-order valence-corrected chi connectivity index (χ4v) is 3.77. The number of piperazine rings is 1. The number of carbonyl (C=O) groups excluding carboxylic acids is 3. The molecule has 29 heavy (non-hydrogen) atoms. The molecule has 8 heteroatoms. The molecular formula is C21H31N5O3. The highest BCUT2D eigenvalue weighted by Crippen LogP contribution is 2.10. The van der Waals surface area contributed by atoms with Crippen LogP contribution in [0.1, 0.15) is 25.3 Å². The van der Waals surface area contributed by atoms with Gasteiger partial charge in [-0.25, -0.2) is 4.79 Å². The Morgan fingerprint density at radius 1 is 0.966 bits per heavy atom. The number of nitrogens with zero attached hydrogens (tertiary/aromatic N) is 3. The zero-order chi connectivity index (χ0) is 20.6. The Balaban J connectivity index is 1.36. The van der Waals surface area contributed by atoms with E-state index in [1.54, 1.807) is 0 Å². The molecule has 0 spiro atoms. The standard InChI is InChI=1S/C21H31N5O3/c1-17(20(28)23-21(29)22-15-18-7-3-2-4-8-18)25-13-11-24(12-14-25)16-19(27)26-9-5-6-10-26/h2-4,7-8,17H,5-6,9-16H2,1H3,(H2,22,23,28,29). The number of amides is 4. The highest BCUT2D eigenvalue weighted by Gasteiger charge is 2.28. The second-order valence-electron chi connectivity index (χ2n) is 7.73. The predicted molar refractivity (Wildman–Crippen MR) is 110 cm³/mol. The maximum Gasteiger partial charge on any atom is 0.321 e. The topological polar surface area (TPSA) is 85.0 Å². The van der Waals surface area contributed by atoms with Crippen molar-refractivity contribution < 1.29 is 14.4 Å². The van der Waals surface area contributed by atoms with Gasteiger partial charge in [0.05, 0.1) is 12.6 Å². The van der Waals surface area contributed by atoms with E-state index in [2.05, 4.69) is 20.4 Å². The van der Waals surface area contributed by atoms with Gasteiger partial charge in [0.15, 0.2) is 0 Å². The van der Waals surface area contributed by atoms with E-state index in [1.165, 1.54) is 0 Å². The maximum absolute atomic E-state index is 12.4. The molecule has 2 aliphatic heterocycles. The largest absolute Gasteiger partial charge is 0.342 e. The summed E-state index contributed by atoms with van der Waals surface area (Å²) in [5.41, 5.74) is 0.975. The molecule has 1 aromatic carbocycles. The Bertz CT molecular complexity index is 698. The lowest BCUT2D eigenvalue weighted by Gasteiger charge is -2.37. The minimum absolute atomic E-state index is 0.205. The van der Waals surface area contributed by atoms with Gasteiger partial charge in [0.25, 0.3) is 0 Å². The molecule has 0 radical (unpaired) electrons. The summed E-state index contributed by atoms with van der Waals surface area (Å²) in [5, 5.41) is 5.13. The SMILES string of the molecule is CC(C(=O)NC(=O)NCc1ccccc1)N1CCN(CC(=O)N2CCCC2)CC1. The van der Waals surface area contributed by atoms with Gasteiger partial charge in [0.2, 0.25) is 11.8 Å². The highest BCUT2D eigenvalue weighted by atomic mass is 16.2. The molecule has 1 aromatic rings. The molecule has 0 aliphatic carbocycles. The number of likely N-dealkylation sites (tertiary alicyclic amines) is 1. The number of hydrogen-bond donors (Lipinski definition) is 2. The minimum Gasteiger partial charge on any atom is -0.342 e. The van der Waals surface area contributed by atoms with Crippen molar-refractivity contribution in [3.05, 3.63) is 35.9 Å². The zero-order valence-corrected chi connectivity index (χ0v) is 17.1. The van der Waals surface area contributed by atoms with Crippen molar-refractivity contribution >= 4 is 17.8 Å². The first-order chi connectivity index (χ1) is 14.0. The summed E-state index contributed by atoms with van der Waals surface area (Å²) in [4.78, 5) is 42.8. The van der Waals surface area contributed by atoms with Gasteiger partial charge in [-0.15, -0.1) is 0 Å². The normalized spacial score (nSPS) is 19.0. The molecule has 0 bridgehead atoms. The Hall–Kier alpha value is -2.45. The molecule has 8 nitrogen and oxygen atoms in total. The number of imide groups is 1. The molecule has 2 heterocycles. The third-order valence-electron chi connectivity index (χ3n) is 5.68. The molecule has 3 rings (SSSR count). The van der Waals surface area contributed by atoms with Gasteiger partial charge in [0.1, 0.15) is 0 Å². The molecule has 0 saturated carbocycles. The van der Waals surface area contributed by atoms with Crippen LogP contribution in [0.25, 0.3) is 0 Å². The molecule has 2 N–H and O–H groups in total. The highest BCUT2D eigenvalue weighted by molar-refractivity contribution is 5.96. The van der Waals surface area contributed by atoms with E-state index in [0.717, 1.165) is 44.6 Å². The van der Waals surface area contributed by atoms with Crippen LogP contribution in [0, 0.1) is 0 Å². The average Bonchev–Trinajstić information content (AvgIpc) is 3.28. The van der Waals surface area contributed by atoms with Crippen LogP contribution >= 0.6 is 0 Å². The summed E-state index contributed by atoms with van der Waals surface area (Å²) in [5.74, 6) is -0.103. The molecule has 0 aromatic heterocycles. The minimum atomic E-state index is -0.486. The van der Waals surface area contributed by atoms with Gasteiger partial charge < -0.3 is 10.2 Å². The van der Waals surface area contributed by atoms with Crippen LogP contribution in [0.15, 0.2) is 30.3 Å². The third kappa shape index (κ3) is 6.27. The third-order valence-corrected chi connectivity index (χ3v) is 5.68. The zero-order valence-electron chi connectivity index (χ0n) is 17.1. The molecule has 1 atom stereocenters. The lowest BCUT2D eigenvalue weighted by molar-refractivity contribution is -0.132. The number of rotatable bonds is 6. The van der Waals surface area contributed by atoms with Gasteiger partial charge in [-0.1, -0.05) is 30.3 Å². The molecular weight excluding hydrogens is 370 g/mol. The van der Waals surface area contributed by atoms with Crippen molar-refractivity contribution in [2.45, 2.75) is 32.4 Å². The smallest absolute Gasteiger partial charge is 0.321 e. The number of benzene rings is 1. The van der Waals surface area contributed by atoms with Gasteiger partial charge in [0, 0.05) is 45.8 Å². The van der Waals surface area contributed by atoms with Crippen LogP contribution in [0.2, 0.25) is 0 Å². The van der Waals surface area contributed by atoms with Gasteiger partial charge in [-0.3, -0.25) is 24.7 Å². The summed E-state index contributed by atoms with van der Waals surface area (Å²) in [6, 6.07) is 8.67. The lowest BCUT2D eigenvalue weighted by atomic mass is 10.2. The van der Waals surface area contributed by atoms with Crippen LogP contribution in [-0.4, -0.2) is 84.4 Å². The Labute approximate surface area is 172 Å². The summed E-state index contributed by atoms with van der Waals surface area (Å²) in [6.45, 7) is 7.29. The summed E-state index contributed by atoms with van der Waals surface area (Å²) in [6.07, 6.45) is 2.20. The van der Waals surface area contributed by atoms with Gasteiger partial charge >= 0.3 is 6.03 Å². The number of carbonyl (C=O) groups is 3. The predicted octanol–water partition coefficient (Wildman–Crippen LogP) is 0.641. The van der Waals surface area contributed by atoms with Crippen LogP contribution in [0.3, 0.4) is 0 Å². The number of hydrogen-bond acceptors (Lipinski definition) is 5. The molecule has 4 amide bonds. The van der Waals surface area contributed by atoms with Crippen molar-refractivity contribution in [2.24, 2.45) is 0 Å². The maximum atomic E-state index is 12.4. The number of urea groups is 1. The van der Waals surface area contributed by atoms with Crippen molar-refractivity contribution in [1.29, 1.82) is 0 Å².